The molecule has 1 aromatic carbocycles. The predicted molar refractivity (Wildman–Crippen MR) is 77.0 cm³/mol. The maximum absolute atomic E-state index is 13.1. The average Bonchev–Trinajstić information content (AvgIpc) is 2.51. The molecule has 1 heterocycles. The van der Waals surface area contributed by atoms with E-state index in [1.807, 2.05) is 23.1 Å². The number of benzene rings is 1. The zero-order valence-corrected chi connectivity index (χ0v) is 12.1. The van der Waals surface area contributed by atoms with E-state index in [-0.39, 0.29) is 5.91 Å². The van der Waals surface area contributed by atoms with Crippen LogP contribution in [0.1, 0.15) is 18.1 Å². The van der Waals surface area contributed by atoms with Crippen molar-refractivity contribution >= 4 is 5.91 Å². The van der Waals surface area contributed by atoms with Gasteiger partial charge in [-0.2, -0.15) is 0 Å². The van der Waals surface area contributed by atoms with E-state index < -0.39 is 25.1 Å². The van der Waals surface area contributed by atoms with E-state index in [0.29, 0.717) is 6.54 Å². The molecule has 3 N–H and O–H groups in total. The highest BCUT2D eigenvalue weighted by molar-refractivity contribution is 5.81. The van der Waals surface area contributed by atoms with Crippen LogP contribution < -0.4 is 11.1 Å². The number of carbonyl (C=O) groups excluding carboxylic acids is 1. The molecule has 1 aliphatic rings. The quantitative estimate of drug-likeness (QED) is 0.857. The van der Waals surface area contributed by atoms with Gasteiger partial charge in [0.1, 0.15) is 0 Å². The third-order valence-corrected chi connectivity index (χ3v) is 3.91. The Morgan fingerprint density at radius 2 is 2.10 bits per heavy atom. The SMILES string of the molecule is CC(C(=O)NCC(F)(F)CN)N1CCc2ccccc2C1. The molecule has 4 nitrogen and oxygen atoms in total. The lowest BCUT2D eigenvalue weighted by Crippen LogP contribution is -2.50. The molecule has 0 saturated heterocycles. The summed E-state index contributed by atoms with van der Waals surface area (Å²) < 4.78 is 26.1. The van der Waals surface area contributed by atoms with Gasteiger partial charge in [-0.3, -0.25) is 9.69 Å². The van der Waals surface area contributed by atoms with Crippen LogP contribution in [0.25, 0.3) is 0 Å². The molecular formula is C15H21F2N3O. The van der Waals surface area contributed by atoms with Crippen molar-refractivity contribution in [3.63, 3.8) is 0 Å². The van der Waals surface area contributed by atoms with Crippen molar-refractivity contribution in [2.75, 3.05) is 19.6 Å². The standard InChI is InChI=1S/C15H21F2N3O/c1-11(14(21)19-10-15(16,17)9-18)20-7-6-12-4-2-3-5-13(12)8-20/h2-5,11H,6-10,18H2,1H3,(H,19,21). The van der Waals surface area contributed by atoms with Crippen LogP contribution in [-0.2, 0) is 17.8 Å². The van der Waals surface area contributed by atoms with Gasteiger partial charge in [0.2, 0.25) is 5.91 Å². The van der Waals surface area contributed by atoms with E-state index in [1.165, 1.54) is 11.1 Å². The van der Waals surface area contributed by atoms with E-state index in [1.54, 1.807) is 6.92 Å². The fourth-order valence-electron chi connectivity index (χ4n) is 2.45. The first-order valence-corrected chi connectivity index (χ1v) is 7.09. The van der Waals surface area contributed by atoms with Crippen molar-refractivity contribution in [1.82, 2.24) is 10.2 Å². The number of fused-ring (bicyclic) bond motifs is 1. The second kappa shape index (κ2) is 6.49. The van der Waals surface area contributed by atoms with Crippen molar-refractivity contribution in [2.45, 2.75) is 31.9 Å². The lowest BCUT2D eigenvalue weighted by atomic mass is 9.99. The fourth-order valence-corrected chi connectivity index (χ4v) is 2.45. The van der Waals surface area contributed by atoms with Gasteiger partial charge in [0.25, 0.3) is 5.92 Å². The average molecular weight is 297 g/mol. The van der Waals surface area contributed by atoms with Gasteiger partial charge in [-0.15, -0.1) is 0 Å². The van der Waals surface area contributed by atoms with Crippen molar-refractivity contribution < 1.29 is 13.6 Å². The van der Waals surface area contributed by atoms with E-state index in [2.05, 4.69) is 11.4 Å². The van der Waals surface area contributed by atoms with Gasteiger partial charge in [0.15, 0.2) is 0 Å². The largest absolute Gasteiger partial charge is 0.349 e. The number of amides is 1. The predicted octanol–water partition coefficient (Wildman–Crippen LogP) is 1.14. The highest BCUT2D eigenvalue weighted by Gasteiger charge is 2.30. The molecule has 1 unspecified atom stereocenters. The first-order chi connectivity index (χ1) is 9.93. The minimum atomic E-state index is -3.05. The third kappa shape index (κ3) is 3.98. The third-order valence-electron chi connectivity index (χ3n) is 3.91. The Hall–Kier alpha value is -1.53. The molecule has 2 rings (SSSR count). The zero-order valence-electron chi connectivity index (χ0n) is 12.1. The molecular weight excluding hydrogens is 276 g/mol. The second-order valence-corrected chi connectivity index (χ2v) is 5.44. The molecule has 1 aliphatic heterocycles. The highest BCUT2D eigenvalue weighted by atomic mass is 19.3. The number of carbonyl (C=O) groups is 1. The monoisotopic (exact) mass is 297 g/mol. The Balaban J connectivity index is 1.92. The number of nitrogens with two attached hydrogens (primary N) is 1. The van der Waals surface area contributed by atoms with Gasteiger partial charge in [-0.25, -0.2) is 8.78 Å². The summed E-state index contributed by atoms with van der Waals surface area (Å²) in [6, 6.07) is 7.65. The Kier molecular flexibility index (Phi) is 4.90. The zero-order chi connectivity index (χ0) is 15.5. The minimum Gasteiger partial charge on any atom is -0.349 e. The number of nitrogens with one attached hydrogen (secondary N) is 1. The van der Waals surface area contributed by atoms with Crippen molar-refractivity contribution in [3.05, 3.63) is 35.4 Å². The number of rotatable bonds is 5. The number of nitrogens with zero attached hydrogens (tertiary/aromatic N) is 1. The van der Waals surface area contributed by atoms with Crippen LogP contribution in [0.2, 0.25) is 0 Å². The summed E-state index contributed by atoms with van der Waals surface area (Å²) in [6.07, 6.45) is 0.868. The molecule has 1 aromatic rings. The number of hydrogen-bond acceptors (Lipinski definition) is 3. The summed E-state index contributed by atoms with van der Waals surface area (Å²) in [6.45, 7) is 1.68. The molecule has 1 atom stereocenters. The van der Waals surface area contributed by atoms with E-state index in [0.717, 1.165) is 13.0 Å². The molecule has 0 aliphatic carbocycles. The molecule has 0 aromatic heterocycles. The van der Waals surface area contributed by atoms with Crippen molar-refractivity contribution in [2.24, 2.45) is 5.73 Å². The van der Waals surface area contributed by atoms with Crippen LogP contribution in [0, 0.1) is 0 Å². The van der Waals surface area contributed by atoms with Gasteiger partial charge >= 0.3 is 0 Å². The van der Waals surface area contributed by atoms with E-state index in [4.69, 9.17) is 5.73 Å². The maximum Gasteiger partial charge on any atom is 0.277 e. The molecule has 21 heavy (non-hydrogen) atoms. The van der Waals surface area contributed by atoms with E-state index in [9.17, 15) is 13.6 Å². The molecule has 116 valence electrons. The molecule has 0 bridgehead atoms. The maximum atomic E-state index is 13.1. The normalized spacial score (nSPS) is 17.1. The number of hydrogen-bond donors (Lipinski definition) is 2. The summed E-state index contributed by atoms with van der Waals surface area (Å²) in [5, 5.41) is 2.28. The second-order valence-electron chi connectivity index (χ2n) is 5.44. The summed E-state index contributed by atoms with van der Waals surface area (Å²) in [4.78, 5) is 14.0. The van der Waals surface area contributed by atoms with Crippen molar-refractivity contribution in [3.8, 4) is 0 Å². The topological polar surface area (TPSA) is 58.4 Å². The molecule has 0 spiro atoms. The van der Waals surface area contributed by atoms with Crippen LogP contribution in [-0.4, -0.2) is 42.4 Å². The fraction of sp³-hybridized carbons (Fsp3) is 0.533. The van der Waals surface area contributed by atoms with Crippen LogP contribution in [0.3, 0.4) is 0 Å². The van der Waals surface area contributed by atoms with Gasteiger partial charge in [0.05, 0.1) is 19.1 Å². The van der Waals surface area contributed by atoms with Crippen molar-refractivity contribution in [1.29, 1.82) is 0 Å². The first-order valence-electron chi connectivity index (χ1n) is 7.09. The Labute approximate surface area is 123 Å². The van der Waals surface area contributed by atoms with Crippen LogP contribution in [0.15, 0.2) is 24.3 Å². The van der Waals surface area contributed by atoms with Gasteiger partial charge in [-0.05, 0) is 24.5 Å². The summed E-state index contributed by atoms with van der Waals surface area (Å²) >= 11 is 0. The number of halogens is 2. The number of alkyl halides is 2. The van der Waals surface area contributed by atoms with Crippen LogP contribution in [0.5, 0.6) is 0 Å². The molecule has 0 radical (unpaired) electrons. The lowest BCUT2D eigenvalue weighted by Gasteiger charge is -2.33. The van der Waals surface area contributed by atoms with Gasteiger partial charge < -0.3 is 11.1 Å². The Bertz CT molecular complexity index is 507. The highest BCUT2D eigenvalue weighted by Crippen LogP contribution is 2.20. The Morgan fingerprint density at radius 1 is 1.43 bits per heavy atom. The molecule has 0 saturated carbocycles. The summed E-state index contributed by atoms with van der Waals surface area (Å²) in [5.41, 5.74) is 7.43. The lowest BCUT2D eigenvalue weighted by molar-refractivity contribution is -0.128. The van der Waals surface area contributed by atoms with Gasteiger partial charge in [-0.1, -0.05) is 24.3 Å². The molecule has 1 amide bonds. The first kappa shape index (κ1) is 15.9. The van der Waals surface area contributed by atoms with E-state index >= 15 is 0 Å². The van der Waals surface area contributed by atoms with Gasteiger partial charge in [0, 0.05) is 13.1 Å². The minimum absolute atomic E-state index is 0.387. The van der Waals surface area contributed by atoms with Crippen LogP contribution >= 0.6 is 0 Å². The summed E-state index contributed by atoms with van der Waals surface area (Å²) in [7, 11) is 0. The Morgan fingerprint density at radius 3 is 2.76 bits per heavy atom. The molecule has 0 fully saturated rings. The van der Waals surface area contributed by atoms with Crippen LogP contribution in [0.4, 0.5) is 8.78 Å². The summed E-state index contributed by atoms with van der Waals surface area (Å²) in [5.74, 6) is -3.44. The smallest absolute Gasteiger partial charge is 0.277 e. The molecule has 6 heteroatoms.